The molecule has 4 rings (SSSR count). The van der Waals surface area contributed by atoms with Crippen molar-refractivity contribution in [2.75, 3.05) is 14.2 Å². The average Bonchev–Trinajstić information content (AvgIpc) is 3.03. The van der Waals surface area contributed by atoms with Crippen LogP contribution >= 0.6 is 0 Å². The van der Waals surface area contributed by atoms with E-state index >= 15 is 0 Å². The highest BCUT2D eigenvalue weighted by atomic mass is 16.5. The summed E-state index contributed by atoms with van der Waals surface area (Å²) in [7, 11) is 3.42. The van der Waals surface area contributed by atoms with Crippen LogP contribution in [0.25, 0.3) is 0 Å². The largest absolute Gasteiger partial charge is 0.381 e. The minimum Gasteiger partial charge on any atom is -0.381 e. The number of ether oxygens (including phenoxy) is 1. The number of carbonyl (C=O) groups excluding carboxylic acids is 1. The van der Waals surface area contributed by atoms with Crippen molar-refractivity contribution in [2.24, 2.45) is 16.1 Å². The van der Waals surface area contributed by atoms with Crippen LogP contribution in [0.5, 0.6) is 0 Å². The van der Waals surface area contributed by atoms with Crippen LogP contribution in [0.15, 0.2) is 23.2 Å². The Morgan fingerprint density at radius 1 is 1.40 bits per heavy atom. The Bertz CT molecular complexity index is 817. The maximum absolute atomic E-state index is 13.3. The van der Waals surface area contributed by atoms with Crippen LogP contribution in [0.1, 0.15) is 42.4 Å². The zero-order valence-corrected chi connectivity index (χ0v) is 14.6. The lowest BCUT2D eigenvalue weighted by Gasteiger charge is -2.45. The molecule has 3 aliphatic rings. The fourth-order valence-corrected chi connectivity index (χ4v) is 5.00. The maximum Gasteiger partial charge on any atom is 0.262 e. The van der Waals surface area contributed by atoms with E-state index in [1.165, 1.54) is 4.90 Å². The number of nitrogens with two attached hydrogens (primary N) is 1. The van der Waals surface area contributed by atoms with Crippen molar-refractivity contribution in [1.29, 1.82) is 5.26 Å². The van der Waals surface area contributed by atoms with E-state index in [0.717, 1.165) is 43.2 Å². The zero-order chi connectivity index (χ0) is 17.8. The monoisotopic (exact) mass is 338 g/mol. The van der Waals surface area contributed by atoms with Gasteiger partial charge in [-0.25, -0.2) is 4.99 Å². The molecule has 1 saturated carbocycles. The number of benzene rings is 1. The summed E-state index contributed by atoms with van der Waals surface area (Å²) in [5, 5.41) is 9.32. The molecule has 1 atom stereocenters. The third-order valence-corrected chi connectivity index (χ3v) is 6.39. The molecule has 0 saturated heterocycles. The molecule has 130 valence electrons. The van der Waals surface area contributed by atoms with Gasteiger partial charge in [-0.1, -0.05) is 6.07 Å². The number of hydrogen-bond acceptors (Lipinski definition) is 5. The molecular formula is C19H22N4O2. The first-order chi connectivity index (χ1) is 12.0. The number of methoxy groups -OCH3 is 1. The number of rotatable bonds is 1. The SMILES string of the molecule is COC1CCC2(CC1)Cc1ccc(C#N)cc1[C@@]21N=C(N)N(C)C1=O. The molecule has 1 aromatic carbocycles. The van der Waals surface area contributed by atoms with Crippen molar-refractivity contribution >= 4 is 11.9 Å². The molecule has 0 radical (unpaired) electrons. The van der Waals surface area contributed by atoms with Gasteiger partial charge in [0.1, 0.15) is 0 Å². The van der Waals surface area contributed by atoms with E-state index in [0.29, 0.717) is 5.56 Å². The Balaban J connectivity index is 1.90. The number of nitrogens with zero attached hydrogens (tertiary/aromatic N) is 3. The highest BCUT2D eigenvalue weighted by Crippen LogP contribution is 2.61. The van der Waals surface area contributed by atoms with Gasteiger partial charge in [-0.3, -0.25) is 9.69 Å². The Morgan fingerprint density at radius 2 is 2.12 bits per heavy atom. The van der Waals surface area contributed by atoms with Crippen LogP contribution in [0.2, 0.25) is 0 Å². The number of carbonyl (C=O) groups is 1. The molecule has 1 aromatic rings. The number of fused-ring (bicyclic) bond motifs is 3. The van der Waals surface area contributed by atoms with E-state index < -0.39 is 5.54 Å². The first kappa shape index (κ1) is 16.1. The van der Waals surface area contributed by atoms with E-state index in [2.05, 4.69) is 6.07 Å². The molecule has 1 amide bonds. The molecule has 1 fully saturated rings. The van der Waals surface area contributed by atoms with Gasteiger partial charge in [0.25, 0.3) is 5.91 Å². The first-order valence-corrected chi connectivity index (χ1v) is 8.67. The van der Waals surface area contributed by atoms with Crippen LogP contribution in [0, 0.1) is 16.7 Å². The molecule has 2 N–H and O–H groups in total. The second-order valence-corrected chi connectivity index (χ2v) is 7.42. The maximum atomic E-state index is 13.3. The lowest BCUT2D eigenvalue weighted by Crippen LogP contribution is -2.51. The third-order valence-electron chi connectivity index (χ3n) is 6.39. The van der Waals surface area contributed by atoms with Crippen LogP contribution in [-0.4, -0.2) is 37.0 Å². The fourth-order valence-electron chi connectivity index (χ4n) is 5.00. The minimum atomic E-state index is -0.993. The van der Waals surface area contributed by atoms with Gasteiger partial charge in [0, 0.05) is 19.6 Å². The molecule has 0 unspecified atom stereocenters. The second-order valence-electron chi connectivity index (χ2n) is 7.42. The molecular weight excluding hydrogens is 316 g/mol. The fraction of sp³-hybridized carbons (Fsp3) is 0.526. The van der Waals surface area contributed by atoms with Crippen LogP contribution in [0.4, 0.5) is 0 Å². The quantitative estimate of drug-likeness (QED) is 0.843. The molecule has 2 aliphatic carbocycles. The van der Waals surface area contributed by atoms with E-state index in [1.54, 1.807) is 14.2 Å². The van der Waals surface area contributed by atoms with Crippen molar-refractivity contribution in [2.45, 2.75) is 43.7 Å². The predicted octanol–water partition coefficient (Wildman–Crippen LogP) is 1.67. The number of aliphatic imine (C=N–C) groups is 1. The summed E-state index contributed by atoms with van der Waals surface area (Å²) in [5.41, 5.74) is 7.30. The summed E-state index contributed by atoms with van der Waals surface area (Å²) in [6, 6.07) is 7.82. The number of likely N-dealkylation sites (N-methyl/N-ethyl adjacent to an activating group) is 1. The Kier molecular flexibility index (Phi) is 3.41. The summed E-state index contributed by atoms with van der Waals surface area (Å²) in [6.45, 7) is 0. The van der Waals surface area contributed by atoms with Crippen LogP contribution in [-0.2, 0) is 21.5 Å². The summed E-state index contributed by atoms with van der Waals surface area (Å²) in [6.07, 6.45) is 4.56. The molecule has 6 nitrogen and oxygen atoms in total. The number of amides is 1. The Hall–Kier alpha value is -2.39. The van der Waals surface area contributed by atoms with Crippen molar-refractivity contribution in [3.8, 4) is 6.07 Å². The lowest BCUT2D eigenvalue weighted by molar-refractivity contribution is -0.137. The smallest absolute Gasteiger partial charge is 0.262 e. The van der Waals surface area contributed by atoms with Gasteiger partial charge in [0.15, 0.2) is 11.5 Å². The molecule has 2 spiro atoms. The Labute approximate surface area is 147 Å². The predicted molar refractivity (Wildman–Crippen MR) is 92.6 cm³/mol. The first-order valence-electron chi connectivity index (χ1n) is 8.67. The van der Waals surface area contributed by atoms with Gasteiger partial charge in [-0.2, -0.15) is 5.26 Å². The summed E-state index contributed by atoms with van der Waals surface area (Å²) < 4.78 is 5.53. The average molecular weight is 338 g/mol. The highest BCUT2D eigenvalue weighted by Gasteiger charge is 2.66. The Morgan fingerprint density at radius 3 is 2.68 bits per heavy atom. The lowest BCUT2D eigenvalue weighted by atomic mass is 9.61. The van der Waals surface area contributed by atoms with Crippen molar-refractivity contribution < 1.29 is 9.53 Å². The summed E-state index contributed by atoms with van der Waals surface area (Å²) in [4.78, 5) is 19.5. The van der Waals surface area contributed by atoms with Crippen molar-refractivity contribution in [3.63, 3.8) is 0 Å². The van der Waals surface area contributed by atoms with Gasteiger partial charge >= 0.3 is 0 Å². The van der Waals surface area contributed by atoms with E-state index in [-0.39, 0.29) is 23.4 Å². The normalized spacial score (nSPS) is 33.6. The topological polar surface area (TPSA) is 91.7 Å². The molecule has 25 heavy (non-hydrogen) atoms. The third kappa shape index (κ3) is 1.93. The number of hydrogen-bond donors (Lipinski definition) is 1. The molecule has 6 heteroatoms. The molecule has 1 heterocycles. The van der Waals surface area contributed by atoms with E-state index in [1.807, 2.05) is 18.2 Å². The van der Waals surface area contributed by atoms with Crippen molar-refractivity contribution in [1.82, 2.24) is 4.90 Å². The summed E-state index contributed by atoms with van der Waals surface area (Å²) >= 11 is 0. The van der Waals surface area contributed by atoms with Crippen molar-refractivity contribution in [3.05, 3.63) is 34.9 Å². The molecule has 1 aliphatic heterocycles. The highest BCUT2D eigenvalue weighted by molar-refractivity contribution is 6.08. The zero-order valence-electron chi connectivity index (χ0n) is 14.6. The molecule has 0 bridgehead atoms. The minimum absolute atomic E-state index is 0.0743. The van der Waals surface area contributed by atoms with E-state index in [4.69, 9.17) is 15.5 Å². The standard InChI is InChI=1S/C19H22N4O2/c1-23-16(24)19(22-17(23)21)15-9-12(11-20)3-4-13(15)10-18(19)7-5-14(25-2)6-8-18/h3-4,9,14H,5-8,10H2,1-2H3,(H2,21,22)/t14?,18?,19-/m0/s1. The van der Waals surface area contributed by atoms with Gasteiger partial charge in [0.2, 0.25) is 0 Å². The van der Waals surface area contributed by atoms with Crippen LogP contribution in [0.3, 0.4) is 0 Å². The van der Waals surface area contributed by atoms with Gasteiger partial charge in [0.05, 0.1) is 17.7 Å². The van der Waals surface area contributed by atoms with E-state index in [9.17, 15) is 10.1 Å². The number of nitriles is 1. The van der Waals surface area contributed by atoms with Gasteiger partial charge < -0.3 is 10.5 Å². The van der Waals surface area contributed by atoms with Crippen LogP contribution < -0.4 is 5.73 Å². The van der Waals surface area contributed by atoms with Gasteiger partial charge in [-0.15, -0.1) is 0 Å². The second kappa shape index (κ2) is 5.30. The number of guanidine groups is 1. The molecule has 0 aromatic heterocycles. The van der Waals surface area contributed by atoms with Gasteiger partial charge in [-0.05, 0) is 55.4 Å². The summed E-state index contributed by atoms with van der Waals surface area (Å²) in [5.74, 6) is 0.183.